The Morgan fingerprint density at radius 1 is 1.19 bits per heavy atom. The van der Waals surface area contributed by atoms with E-state index in [1.165, 1.54) is 27.0 Å². The van der Waals surface area contributed by atoms with Gasteiger partial charge in [-0.1, -0.05) is 12.1 Å². The number of benzene rings is 1. The van der Waals surface area contributed by atoms with Crippen molar-refractivity contribution in [3.05, 3.63) is 53.0 Å². The number of fused-ring (bicyclic) bond motifs is 1. The van der Waals surface area contributed by atoms with Crippen molar-refractivity contribution in [3.8, 4) is 0 Å². The summed E-state index contributed by atoms with van der Waals surface area (Å²) in [6, 6.07) is 10.8. The topological polar surface area (TPSA) is 46.7 Å². The first-order chi connectivity index (χ1) is 13.3. The molecule has 5 nitrogen and oxygen atoms in total. The van der Waals surface area contributed by atoms with E-state index < -0.39 is 0 Å². The van der Waals surface area contributed by atoms with Gasteiger partial charge < -0.3 is 20.1 Å². The molecule has 1 aromatic carbocycles. The lowest BCUT2D eigenvalue weighted by Crippen LogP contribution is -2.52. The van der Waals surface area contributed by atoms with Gasteiger partial charge in [-0.25, -0.2) is 0 Å². The van der Waals surface area contributed by atoms with Gasteiger partial charge in [-0.3, -0.25) is 4.99 Å². The summed E-state index contributed by atoms with van der Waals surface area (Å²) in [6.45, 7) is 7.16. The van der Waals surface area contributed by atoms with E-state index in [-0.39, 0.29) is 0 Å². The molecule has 1 aliphatic rings. The van der Waals surface area contributed by atoms with E-state index >= 15 is 0 Å². The fourth-order valence-electron chi connectivity index (χ4n) is 3.88. The Morgan fingerprint density at radius 3 is 2.78 bits per heavy atom. The van der Waals surface area contributed by atoms with Crippen molar-refractivity contribution < 1.29 is 0 Å². The molecule has 6 heteroatoms. The molecule has 1 fully saturated rings. The molecule has 0 aliphatic carbocycles. The Balaban J connectivity index is 1.32. The number of piperazine rings is 1. The fourth-order valence-corrected chi connectivity index (χ4v) is 4.66. The summed E-state index contributed by atoms with van der Waals surface area (Å²) in [6.07, 6.45) is 3.13. The molecule has 1 saturated heterocycles. The summed E-state index contributed by atoms with van der Waals surface area (Å²) in [5.74, 6) is 1.01. The van der Waals surface area contributed by atoms with E-state index in [9.17, 15) is 0 Å². The maximum absolute atomic E-state index is 4.51. The van der Waals surface area contributed by atoms with E-state index in [0.717, 1.165) is 45.1 Å². The average Bonchev–Trinajstić information content (AvgIpc) is 3.36. The second-order valence-electron chi connectivity index (χ2n) is 6.96. The number of aromatic nitrogens is 1. The number of nitrogens with zero attached hydrogens (tertiary/aromatic N) is 3. The summed E-state index contributed by atoms with van der Waals surface area (Å²) in [4.78, 5) is 12.7. The fraction of sp³-hybridized carbons (Fsp3) is 0.381. The predicted molar refractivity (Wildman–Crippen MR) is 116 cm³/mol. The largest absolute Gasteiger partial charge is 0.361 e. The third-order valence-electron chi connectivity index (χ3n) is 5.28. The number of thiophene rings is 1. The minimum Gasteiger partial charge on any atom is -0.361 e. The quantitative estimate of drug-likeness (QED) is 0.537. The molecule has 0 bridgehead atoms. The number of aromatic amines is 1. The second kappa shape index (κ2) is 8.05. The minimum absolute atomic E-state index is 0.888. The van der Waals surface area contributed by atoms with E-state index in [4.69, 9.17) is 0 Å². The van der Waals surface area contributed by atoms with E-state index in [0.29, 0.717) is 0 Å². The Labute approximate surface area is 164 Å². The lowest BCUT2D eigenvalue weighted by molar-refractivity contribution is 0.374. The minimum atomic E-state index is 0.888. The lowest BCUT2D eigenvalue weighted by atomic mass is 10.1. The highest BCUT2D eigenvalue weighted by Crippen LogP contribution is 2.23. The van der Waals surface area contributed by atoms with Crippen LogP contribution in [0.15, 0.2) is 46.9 Å². The smallest absolute Gasteiger partial charge is 0.193 e. The van der Waals surface area contributed by atoms with Gasteiger partial charge >= 0.3 is 0 Å². The van der Waals surface area contributed by atoms with Crippen molar-refractivity contribution in [1.82, 2.24) is 15.2 Å². The van der Waals surface area contributed by atoms with E-state index in [1.807, 2.05) is 18.4 Å². The first kappa shape index (κ1) is 17.9. The Bertz CT molecular complexity index is 904. The highest BCUT2D eigenvalue weighted by Gasteiger charge is 2.20. The molecule has 142 valence electrons. The van der Waals surface area contributed by atoms with Crippen LogP contribution in [-0.2, 0) is 6.42 Å². The molecule has 27 heavy (non-hydrogen) atoms. The number of H-pyrrole nitrogens is 1. The first-order valence-corrected chi connectivity index (χ1v) is 10.4. The standard InChI is InChI=1S/C21H27N5S/c1-16-5-3-6-18-20(16)17(15-24-18)8-9-23-21(22-2)26-12-10-25(11-13-26)19-7-4-14-27-19/h3-7,14-15,24H,8-13H2,1-2H3,(H,22,23). The Morgan fingerprint density at radius 2 is 2.04 bits per heavy atom. The van der Waals surface area contributed by atoms with Crippen molar-refractivity contribution in [2.45, 2.75) is 13.3 Å². The molecule has 2 N–H and O–H groups in total. The number of aliphatic imine (C=N–C) groups is 1. The van der Waals surface area contributed by atoms with E-state index in [2.05, 4.69) is 73.9 Å². The molecule has 0 atom stereocenters. The average molecular weight is 382 g/mol. The first-order valence-electron chi connectivity index (χ1n) is 9.56. The van der Waals surface area contributed by atoms with Crippen molar-refractivity contribution in [3.63, 3.8) is 0 Å². The molecule has 0 unspecified atom stereocenters. The summed E-state index contributed by atoms with van der Waals surface area (Å²) >= 11 is 1.82. The third-order valence-corrected chi connectivity index (χ3v) is 6.21. The van der Waals surface area contributed by atoms with Crippen LogP contribution in [0, 0.1) is 6.92 Å². The molecule has 0 radical (unpaired) electrons. The molecule has 3 aromatic rings. The molecule has 0 saturated carbocycles. The monoisotopic (exact) mass is 381 g/mol. The number of nitrogens with one attached hydrogen (secondary N) is 2. The van der Waals surface area contributed by atoms with Gasteiger partial charge in [0.1, 0.15) is 0 Å². The van der Waals surface area contributed by atoms with Crippen LogP contribution in [0.4, 0.5) is 5.00 Å². The van der Waals surface area contributed by atoms with Crippen molar-refractivity contribution in [1.29, 1.82) is 0 Å². The molecule has 4 rings (SSSR count). The lowest BCUT2D eigenvalue weighted by Gasteiger charge is -2.37. The maximum Gasteiger partial charge on any atom is 0.193 e. The molecular formula is C21H27N5S. The van der Waals surface area contributed by atoms with Gasteiger partial charge in [0.05, 0.1) is 5.00 Å². The van der Waals surface area contributed by atoms with Crippen LogP contribution in [0.25, 0.3) is 10.9 Å². The van der Waals surface area contributed by atoms with E-state index in [1.54, 1.807) is 0 Å². The molecule has 3 heterocycles. The Hall–Kier alpha value is -2.47. The molecule has 2 aromatic heterocycles. The van der Waals surface area contributed by atoms with Crippen LogP contribution >= 0.6 is 11.3 Å². The van der Waals surface area contributed by atoms with Gasteiger partial charge in [0.25, 0.3) is 0 Å². The highest BCUT2D eigenvalue weighted by atomic mass is 32.1. The number of guanidine groups is 1. The normalized spacial score (nSPS) is 15.6. The number of rotatable bonds is 4. The second-order valence-corrected chi connectivity index (χ2v) is 7.89. The summed E-state index contributed by atoms with van der Waals surface area (Å²) in [5.41, 5.74) is 3.92. The van der Waals surface area contributed by atoms with Gasteiger partial charge in [0, 0.05) is 56.9 Å². The van der Waals surface area contributed by atoms with Crippen LogP contribution in [-0.4, -0.2) is 55.6 Å². The Kier molecular flexibility index (Phi) is 5.34. The SMILES string of the molecule is CN=C(NCCc1c[nH]c2cccc(C)c12)N1CCN(c2cccs2)CC1. The van der Waals surface area contributed by atoms with Crippen molar-refractivity contribution in [2.75, 3.05) is 44.7 Å². The van der Waals surface area contributed by atoms with Crippen molar-refractivity contribution in [2.24, 2.45) is 4.99 Å². The summed E-state index contributed by atoms with van der Waals surface area (Å²) in [5, 5.41) is 8.43. The van der Waals surface area contributed by atoms with Crippen LogP contribution in [0.2, 0.25) is 0 Å². The molecule has 0 spiro atoms. The van der Waals surface area contributed by atoms with Gasteiger partial charge in [0.2, 0.25) is 0 Å². The zero-order chi connectivity index (χ0) is 18.6. The van der Waals surface area contributed by atoms with Gasteiger partial charge in [0.15, 0.2) is 5.96 Å². The highest BCUT2D eigenvalue weighted by molar-refractivity contribution is 7.14. The van der Waals surface area contributed by atoms with Crippen LogP contribution < -0.4 is 10.2 Å². The zero-order valence-corrected chi connectivity index (χ0v) is 16.9. The van der Waals surface area contributed by atoms with Crippen LogP contribution in [0.5, 0.6) is 0 Å². The molecular weight excluding hydrogens is 354 g/mol. The van der Waals surface area contributed by atoms with Crippen LogP contribution in [0.3, 0.4) is 0 Å². The van der Waals surface area contributed by atoms with Crippen LogP contribution in [0.1, 0.15) is 11.1 Å². The number of anilines is 1. The zero-order valence-electron chi connectivity index (χ0n) is 16.0. The van der Waals surface area contributed by atoms with Gasteiger partial charge in [-0.05, 0) is 48.1 Å². The number of hydrogen-bond donors (Lipinski definition) is 2. The number of hydrogen-bond acceptors (Lipinski definition) is 3. The van der Waals surface area contributed by atoms with Gasteiger partial charge in [-0.15, -0.1) is 11.3 Å². The third kappa shape index (κ3) is 3.81. The number of aryl methyl sites for hydroxylation is 1. The molecule has 0 amide bonds. The summed E-state index contributed by atoms with van der Waals surface area (Å²) < 4.78 is 0. The predicted octanol–water partition coefficient (Wildman–Crippen LogP) is 3.48. The molecule has 1 aliphatic heterocycles. The maximum atomic E-state index is 4.51. The van der Waals surface area contributed by atoms with Gasteiger partial charge in [-0.2, -0.15) is 0 Å². The van der Waals surface area contributed by atoms with Crippen molar-refractivity contribution >= 4 is 33.2 Å². The summed E-state index contributed by atoms with van der Waals surface area (Å²) in [7, 11) is 1.88.